The van der Waals surface area contributed by atoms with Crippen LogP contribution in [0.25, 0.3) is 10.8 Å². The van der Waals surface area contributed by atoms with Gasteiger partial charge in [-0.3, -0.25) is 9.59 Å². The Balaban J connectivity index is 1.51. The molecule has 5 heteroatoms. The number of carbonyl (C=O) groups excluding carboxylic acids is 2. The van der Waals surface area contributed by atoms with Crippen LogP contribution in [0.2, 0.25) is 0 Å². The molecule has 0 radical (unpaired) electrons. The average molecular weight is 376 g/mol. The lowest BCUT2D eigenvalue weighted by atomic mass is 9.99. The number of benzene rings is 3. The van der Waals surface area contributed by atoms with Gasteiger partial charge in [-0.25, -0.2) is 0 Å². The first-order valence-electron chi connectivity index (χ1n) is 9.35. The number of nitrogens with one attached hydrogen (secondary N) is 2. The van der Waals surface area contributed by atoms with Gasteiger partial charge in [-0.1, -0.05) is 72.8 Å². The van der Waals surface area contributed by atoms with Crippen molar-refractivity contribution in [2.75, 3.05) is 6.54 Å². The summed E-state index contributed by atoms with van der Waals surface area (Å²) in [5, 5.41) is 17.8. The molecule has 5 nitrogen and oxygen atoms in total. The molecule has 2 atom stereocenters. The van der Waals surface area contributed by atoms with Gasteiger partial charge in [-0.2, -0.15) is 0 Å². The highest BCUT2D eigenvalue weighted by Gasteiger charge is 2.17. The summed E-state index contributed by atoms with van der Waals surface area (Å²) < 4.78 is 0. The molecule has 0 saturated carbocycles. The van der Waals surface area contributed by atoms with Crippen LogP contribution >= 0.6 is 0 Å². The summed E-state index contributed by atoms with van der Waals surface area (Å²) in [7, 11) is 0. The number of aliphatic hydroxyl groups excluding tert-OH is 1. The maximum atomic E-state index is 12.1. The second-order valence-corrected chi connectivity index (χ2v) is 6.73. The van der Waals surface area contributed by atoms with Gasteiger partial charge in [-0.05, 0) is 35.2 Å². The summed E-state index contributed by atoms with van der Waals surface area (Å²) >= 11 is 0. The molecule has 3 aromatic rings. The highest BCUT2D eigenvalue weighted by Crippen LogP contribution is 2.25. The molecule has 0 saturated heterocycles. The first-order chi connectivity index (χ1) is 13.6. The van der Waals surface area contributed by atoms with E-state index >= 15 is 0 Å². The molecule has 3 N–H and O–H groups in total. The highest BCUT2D eigenvalue weighted by atomic mass is 16.3. The molecule has 3 rings (SSSR count). The lowest BCUT2D eigenvalue weighted by Crippen LogP contribution is -2.41. The lowest BCUT2D eigenvalue weighted by molar-refractivity contribution is -0.139. The third-order valence-electron chi connectivity index (χ3n) is 4.74. The summed E-state index contributed by atoms with van der Waals surface area (Å²) in [4.78, 5) is 24.1. The molecule has 0 aromatic heterocycles. The van der Waals surface area contributed by atoms with Crippen molar-refractivity contribution in [1.82, 2.24) is 10.6 Å². The van der Waals surface area contributed by atoms with E-state index in [0.29, 0.717) is 6.42 Å². The van der Waals surface area contributed by atoms with Crippen LogP contribution in [0.1, 0.15) is 36.6 Å². The molecule has 2 amide bonds. The number of aliphatic hydroxyl groups is 1. The largest absolute Gasteiger partial charge is 0.388 e. The minimum absolute atomic E-state index is 0.205. The Morgan fingerprint density at radius 3 is 2.36 bits per heavy atom. The second-order valence-electron chi connectivity index (χ2n) is 6.73. The Labute approximate surface area is 164 Å². The van der Waals surface area contributed by atoms with Crippen molar-refractivity contribution in [3.8, 4) is 0 Å². The normalized spacial score (nSPS) is 12.9. The van der Waals surface area contributed by atoms with Crippen LogP contribution in [0.15, 0.2) is 72.8 Å². The molecule has 0 heterocycles. The van der Waals surface area contributed by atoms with Gasteiger partial charge in [-0.15, -0.1) is 0 Å². The molecule has 0 fully saturated rings. The average Bonchev–Trinajstić information content (AvgIpc) is 2.73. The zero-order chi connectivity index (χ0) is 19.9. The fraction of sp³-hybridized carbons (Fsp3) is 0.217. The summed E-state index contributed by atoms with van der Waals surface area (Å²) in [6.45, 7) is 2.03. The van der Waals surface area contributed by atoms with Crippen molar-refractivity contribution in [1.29, 1.82) is 0 Å². The second kappa shape index (κ2) is 9.15. The Hall–Kier alpha value is -3.18. The monoisotopic (exact) mass is 376 g/mol. The first kappa shape index (κ1) is 19.6. The van der Waals surface area contributed by atoms with Crippen molar-refractivity contribution in [3.63, 3.8) is 0 Å². The van der Waals surface area contributed by atoms with Crippen LogP contribution in [0, 0.1) is 0 Å². The smallest absolute Gasteiger partial charge is 0.309 e. The predicted octanol–water partition coefficient (Wildman–Crippen LogP) is 3.26. The van der Waals surface area contributed by atoms with Crippen molar-refractivity contribution in [2.24, 2.45) is 0 Å². The zero-order valence-electron chi connectivity index (χ0n) is 15.8. The maximum Gasteiger partial charge on any atom is 0.309 e. The van der Waals surface area contributed by atoms with Crippen LogP contribution in [0.4, 0.5) is 0 Å². The van der Waals surface area contributed by atoms with E-state index in [-0.39, 0.29) is 12.6 Å². The van der Waals surface area contributed by atoms with E-state index in [1.165, 1.54) is 0 Å². The number of carbonyl (C=O) groups is 2. The number of amides is 2. The van der Waals surface area contributed by atoms with Gasteiger partial charge >= 0.3 is 11.8 Å². The lowest BCUT2D eigenvalue weighted by Gasteiger charge is -2.16. The molecule has 28 heavy (non-hydrogen) atoms. The van der Waals surface area contributed by atoms with Gasteiger partial charge in [0, 0.05) is 6.54 Å². The molecular weight excluding hydrogens is 352 g/mol. The molecule has 0 bridgehead atoms. The fourth-order valence-corrected chi connectivity index (χ4v) is 3.19. The van der Waals surface area contributed by atoms with Crippen LogP contribution in [0.5, 0.6) is 0 Å². The zero-order valence-corrected chi connectivity index (χ0v) is 15.8. The van der Waals surface area contributed by atoms with E-state index in [1.54, 1.807) is 0 Å². The molecule has 0 aliphatic rings. The van der Waals surface area contributed by atoms with Crippen molar-refractivity contribution in [2.45, 2.75) is 25.5 Å². The summed E-state index contributed by atoms with van der Waals surface area (Å²) in [6.07, 6.45) is -0.404. The van der Waals surface area contributed by atoms with Gasteiger partial charge in [0.1, 0.15) is 0 Å². The van der Waals surface area contributed by atoms with Gasteiger partial charge in [0.05, 0.1) is 12.1 Å². The molecule has 0 unspecified atom stereocenters. The Bertz CT molecular complexity index is 951. The Kier molecular flexibility index (Phi) is 6.40. The van der Waals surface area contributed by atoms with Crippen molar-refractivity contribution < 1.29 is 14.7 Å². The number of hydrogen-bond acceptors (Lipinski definition) is 3. The molecule has 0 aliphatic heterocycles. The third-order valence-corrected chi connectivity index (χ3v) is 4.74. The van der Waals surface area contributed by atoms with Crippen LogP contribution < -0.4 is 10.6 Å². The fourth-order valence-electron chi connectivity index (χ4n) is 3.19. The molecule has 0 aliphatic carbocycles. The summed E-state index contributed by atoms with van der Waals surface area (Å²) in [6, 6.07) is 22.8. The number of hydrogen-bond donors (Lipinski definition) is 3. The van der Waals surface area contributed by atoms with Crippen LogP contribution in [0.3, 0.4) is 0 Å². The number of rotatable bonds is 6. The standard InChI is InChI=1S/C23H24N2O3/c1-16(17-8-3-2-4-9-17)25-23(28)22(27)24-15-14-21(26)20-13-7-11-18-10-5-6-12-19(18)20/h2-13,16,21,26H,14-15H2,1H3,(H,24,27)(H,25,28)/t16-,21-/m1/s1. The molecule has 3 aromatic carbocycles. The Morgan fingerprint density at radius 1 is 0.893 bits per heavy atom. The third kappa shape index (κ3) is 4.75. The molecule has 0 spiro atoms. The summed E-state index contributed by atoms with van der Waals surface area (Å²) in [5.74, 6) is -1.39. The van der Waals surface area contributed by atoms with Crippen LogP contribution in [-0.4, -0.2) is 23.5 Å². The van der Waals surface area contributed by atoms with E-state index in [2.05, 4.69) is 10.6 Å². The highest BCUT2D eigenvalue weighted by molar-refractivity contribution is 6.35. The van der Waals surface area contributed by atoms with E-state index in [9.17, 15) is 14.7 Å². The molecule has 144 valence electrons. The minimum Gasteiger partial charge on any atom is -0.388 e. The van der Waals surface area contributed by atoms with Gasteiger partial charge in [0.25, 0.3) is 0 Å². The van der Waals surface area contributed by atoms with Crippen molar-refractivity contribution in [3.05, 3.63) is 83.9 Å². The Morgan fingerprint density at radius 2 is 1.57 bits per heavy atom. The number of fused-ring (bicyclic) bond motifs is 1. The SMILES string of the molecule is C[C@@H](NC(=O)C(=O)NCC[C@@H](O)c1cccc2ccccc12)c1ccccc1. The van der Waals surface area contributed by atoms with E-state index < -0.39 is 17.9 Å². The minimum atomic E-state index is -0.724. The molecular formula is C23H24N2O3. The van der Waals surface area contributed by atoms with E-state index in [4.69, 9.17) is 0 Å². The summed E-state index contributed by atoms with van der Waals surface area (Å²) in [5.41, 5.74) is 1.74. The first-order valence-corrected chi connectivity index (χ1v) is 9.35. The van der Waals surface area contributed by atoms with E-state index in [0.717, 1.165) is 21.9 Å². The quantitative estimate of drug-likeness (QED) is 0.578. The van der Waals surface area contributed by atoms with Gasteiger partial charge < -0.3 is 15.7 Å². The van der Waals surface area contributed by atoms with Gasteiger partial charge in [0.15, 0.2) is 0 Å². The van der Waals surface area contributed by atoms with Crippen molar-refractivity contribution >= 4 is 22.6 Å². The topological polar surface area (TPSA) is 78.4 Å². The van der Waals surface area contributed by atoms with E-state index in [1.807, 2.05) is 79.7 Å². The maximum absolute atomic E-state index is 12.1. The van der Waals surface area contributed by atoms with Crippen LogP contribution in [-0.2, 0) is 9.59 Å². The van der Waals surface area contributed by atoms with Gasteiger partial charge in [0.2, 0.25) is 0 Å². The predicted molar refractivity (Wildman–Crippen MR) is 110 cm³/mol.